The average molecular weight is 288 g/mol. The van der Waals surface area contributed by atoms with Crippen molar-refractivity contribution in [2.24, 2.45) is 0 Å². The van der Waals surface area contributed by atoms with Crippen molar-refractivity contribution in [1.82, 2.24) is 5.32 Å². The Kier molecular flexibility index (Phi) is 6.65. The standard InChI is InChI=1S/C15H16N2O4/c1-21-13(8-15(19)20)10-17-14(18)6-5-11-3-2-4-12(7-11)9-16/h2-7,13H,8,10H2,1H3,(H,17,18)(H,19,20)/b6-5+. The summed E-state index contributed by atoms with van der Waals surface area (Å²) in [6.45, 7) is 0.115. The van der Waals surface area contributed by atoms with Gasteiger partial charge in [0, 0.05) is 19.7 Å². The smallest absolute Gasteiger partial charge is 0.306 e. The van der Waals surface area contributed by atoms with Crippen LogP contribution in [-0.2, 0) is 14.3 Å². The topological polar surface area (TPSA) is 99.4 Å². The van der Waals surface area contributed by atoms with Crippen molar-refractivity contribution in [3.05, 3.63) is 41.5 Å². The highest BCUT2D eigenvalue weighted by molar-refractivity contribution is 5.91. The Morgan fingerprint density at radius 1 is 1.52 bits per heavy atom. The molecular weight excluding hydrogens is 272 g/mol. The summed E-state index contributed by atoms with van der Waals surface area (Å²) < 4.78 is 4.95. The lowest BCUT2D eigenvalue weighted by Crippen LogP contribution is -2.33. The molecule has 110 valence electrons. The number of carboxylic acid groups (broad SMARTS) is 1. The van der Waals surface area contributed by atoms with Crippen LogP contribution in [0.5, 0.6) is 0 Å². The molecule has 0 aliphatic heterocycles. The summed E-state index contributed by atoms with van der Waals surface area (Å²) >= 11 is 0. The molecule has 0 aromatic heterocycles. The van der Waals surface area contributed by atoms with E-state index < -0.39 is 12.1 Å². The molecule has 0 bridgehead atoms. The Hall–Kier alpha value is -2.65. The number of hydrogen-bond donors (Lipinski definition) is 2. The molecule has 1 amide bonds. The third-order valence-corrected chi connectivity index (χ3v) is 2.68. The fraction of sp³-hybridized carbons (Fsp3) is 0.267. The molecule has 0 fully saturated rings. The van der Waals surface area contributed by atoms with Crippen molar-refractivity contribution in [1.29, 1.82) is 5.26 Å². The van der Waals surface area contributed by atoms with Gasteiger partial charge in [0.2, 0.25) is 5.91 Å². The van der Waals surface area contributed by atoms with Crippen molar-refractivity contribution in [3.63, 3.8) is 0 Å². The predicted octanol–water partition coefficient (Wildman–Crippen LogP) is 1.18. The number of carbonyl (C=O) groups is 2. The van der Waals surface area contributed by atoms with Crippen LogP contribution in [0.25, 0.3) is 6.08 Å². The number of amides is 1. The number of rotatable bonds is 7. The average Bonchev–Trinajstić information content (AvgIpc) is 2.49. The molecule has 2 N–H and O–H groups in total. The van der Waals surface area contributed by atoms with E-state index in [-0.39, 0.29) is 18.9 Å². The summed E-state index contributed by atoms with van der Waals surface area (Å²) in [6, 6.07) is 8.84. The van der Waals surface area contributed by atoms with Crippen molar-refractivity contribution >= 4 is 18.0 Å². The lowest BCUT2D eigenvalue weighted by atomic mass is 10.1. The molecule has 6 heteroatoms. The zero-order valence-corrected chi connectivity index (χ0v) is 11.6. The van der Waals surface area contributed by atoms with Gasteiger partial charge in [-0.15, -0.1) is 0 Å². The lowest BCUT2D eigenvalue weighted by Gasteiger charge is -2.12. The van der Waals surface area contributed by atoms with E-state index in [2.05, 4.69) is 5.32 Å². The van der Waals surface area contributed by atoms with E-state index in [4.69, 9.17) is 15.1 Å². The predicted molar refractivity (Wildman–Crippen MR) is 76.3 cm³/mol. The summed E-state index contributed by atoms with van der Waals surface area (Å²) in [7, 11) is 1.39. The largest absolute Gasteiger partial charge is 0.481 e. The first-order valence-electron chi connectivity index (χ1n) is 6.26. The number of nitrogens with one attached hydrogen (secondary N) is 1. The van der Waals surface area contributed by atoms with Crippen molar-refractivity contribution < 1.29 is 19.4 Å². The number of aliphatic carboxylic acids is 1. The number of nitriles is 1. The summed E-state index contributed by atoms with van der Waals surface area (Å²) in [5.41, 5.74) is 1.25. The second kappa shape index (κ2) is 8.51. The molecule has 0 radical (unpaired) electrons. The maximum absolute atomic E-state index is 11.6. The Bertz CT molecular complexity index is 575. The van der Waals surface area contributed by atoms with Crippen LogP contribution in [0, 0.1) is 11.3 Å². The van der Waals surface area contributed by atoms with Gasteiger partial charge < -0.3 is 15.2 Å². The molecule has 1 rings (SSSR count). The van der Waals surface area contributed by atoms with E-state index in [0.717, 1.165) is 5.56 Å². The molecule has 0 heterocycles. The maximum Gasteiger partial charge on any atom is 0.306 e. The van der Waals surface area contributed by atoms with Crippen LogP contribution in [-0.4, -0.2) is 36.7 Å². The third kappa shape index (κ3) is 6.36. The molecule has 21 heavy (non-hydrogen) atoms. The molecular formula is C15H16N2O4. The Labute approximate surface area is 122 Å². The molecule has 0 saturated carbocycles. The van der Waals surface area contributed by atoms with E-state index in [1.807, 2.05) is 6.07 Å². The van der Waals surface area contributed by atoms with E-state index in [1.165, 1.54) is 13.2 Å². The van der Waals surface area contributed by atoms with Crippen molar-refractivity contribution in [2.45, 2.75) is 12.5 Å². The number of methoxy groups -OCH3 is 1. The van der Waals surface area contributed by atoms with Gasteiger partial charge in [-0.1, -0.05) is 12.1 Å². The number of hydrogen-bond acceptors (Lipinski definition) is 4. The molecule has 0 spiro atoms. The van der Waals surface area contributed by atoms with Crippen molar-refractivity contribution in [3.8, 4) is 6.07 Å². The molecule has 1 unspecified atom stereocenters. The SMILES string of the molecule is COC(CNC(=O)/C=C/c1cccc(C#N)c1)CC(=O)O. The Balaban J connectivity index is 2.51. The van der Waals surface area contributed by atoms with Gasteiger partial charge in [-0.25, -0.2) is 0 Å². The van der Waals surface area contributed by atoms with Gasteiger partial charge in [0.05, 0.1) is 24.2 Å². The fourth-order valence-corrected chi connectivity index (χ4v) is 1.59. The monoisotopic (exact) mass is 288 g/mol. The molecule has 0 aliphatic rings. The molecule has 1 atom stereocenters. The normalized spacial score (nSPS) is 11.8. The van der Waals surface area contributed by atoms with E-state index >= 15 is 0 Å². The fourth-order valence-electron chi connectivity index (χ4n) is 1.59. The number of carboxylic acids is 1. The van der Waals surface area contributed by atoms with Crippen LogP contribution in [0.2, 0.25) is 0 Å². The van der Waals surface area contributed by atoms with Gasteiger partial charge in [-0.05, 0) is 23.8 Å². The van der Waals surface area contributed by atoms with E-state index in [0.29, 0.717) is 5.56 Å². The van der Waals surface area contributed by atoms with Gasteiger partial charge in [-0.2, -0.15) is 5.26 Å². The van der Waals surface area contributed by atoms with Crippen LogP contribution in [0.3, 0.4) is 0 Å². The number of benzene rings is 1. The first-order chi connectivity index (χ1) is 10.0. The van der Waals surface area contributed by atoms with Crippen molar-refractivity contribution in [2.75, 3.05) is 13.7 Å². The maximum atomic E-state index is 11.6. The molecule has 0 aliphatic carbocycles. The summed E-state index contributed by atoms with van der Waals surface area (Å²) in [5.74, 6) is -1.34. The Morgan fingerprint density at radius 2 is 2.29 bits per heavy atom. The highest BCUT2D eigenvalue weighted by Gasteiger charge is 2.12. The first-order valence-corrected chi connectivity index (χ1v) is 6.26. The third-order valence-electron chi connectivity index (χ3n) is 2.68. The second-order valence-corrected chi connectivity index (χ2v) is 4.27. The number of ether oxygens (including phenoxy) is 1. The number of carbonyl (C=O) groups excluding carboxylic acids is 1. The molecule has 1 aromatic rings. The van der Waals surface area contributed by atoms with Gasteiger partial charge >= 0.3 is 5.97 Å². The minimum Gasteiger partial charge on any atom is -0.481 e. The lowest BCUT2D eigenvalue weighted by molar-refractivity contribution is -0.140. The molecule has 6 nitrogen and oxygen atoms in total. The summed E-state index contributed by atoms with van der Waals surface area (Å²) in [6.07, 6.45) is 2.16. The summed E-state index contributed by atoms with van der Waals surface area (Å²) in [4.78, 5) is 22.2. The van der Waals surface area contributed by atoms with Gasteiger partial charge in [0.15, 0.2) is 0 Å². The van der Waals surface area contributed by atoms with Crippen LogP contribution in [0.4, 0.5) is 0 Å². The first kappa shape index (κ1) is 16.4. The zero-order chi connectivity index (χ0) is 15.7. The zero-order valence-electron chi connectivity index (χ0n) is 11.6. The van der Waals surface area contributed by atoms with Crippen LogP contribution in [0.15, 0.2) is 30.3 Å². The summed E-state index contributed by atoms with van der Waals surface area (Å²) in [5, 5.41) is 20.0. The van der Waals surface area contributed by atoms with Gasteiger partial charge in [-0.3, -0.25) is 9.59 Å². The van der Waals surface area contributed by atoms with Crippen LogP contribution >= 0.6 is 0 Å². The number of nitrogens with zero attached hydrogens (tertiary/aromatic N) is 1. The van der Waals surface area contributed by atoms with Crippen LogP contribution < -0.4 is 5.32 Å². The minimum absolute atomic E-state index is 0.115. The van der Waals surface area contributed by atoms with Gasteiger partial charge in [0.25, 0.3) is 0 Å². The Morgan fingerprint density at radius 3 is 2.90 bits per heavy atom. The van der Waals surface area contributed by atoms with E-state index in [1.54, 1.807) is 30.3 Å². The molecule has 1 aromatic carbocycles. The highest BCUT2D eigenvalue weighted by atomic mass is 16.5. The van der Waals surface area contributed by atoms with Gasteiger partial charge in [0.1, 0.15) is 0 Å². The van der Waals surface area contributed by atoms with Crippen LogP contribution in [0.1, 0.15) is 17.5 Å². The second-order valence-electron chi connectivity index (χ2n) is 4.27. The quantitative estimate of drug-likeness (QED) is 0.734. The van der Waals surface area contributed by atoms with E-state index in [9.17, 15) is 9.59 Å². The minimum atomic E-state index is -0.986. The molecule has 0 saturated heterocycles. The highest BCUT2D eigenvalue weighted by Crippen LogP contribution is 2.05.